The van der Waals surface area contributed by atoms with Gasteiger partial charge in [0, 0.05) is 24.5 Å². The van der Waals surface area contributed by atoms with Crippen molar-refractivity contribution in [3.63, 3.8) is 0 Å². The summed E-state index contributed by atoms with van der Waals surface area (Å²) in [6.45, 7) is 0. The highest BCUT2D eigenvalue weighted by Crippen LogP contribution is 2.00. The van der Waals surface area contributed by atoms with E-state index in [1.807, 2.05) is 0 Å². The van der Waals surface area contributed by atoms with E-state index in [2.05, 4.69) is 25.5 Å². The van der Waals surface area contributed by atoms with Crippen LogP contribution in [0, 0.1) is 0 Å². The van der Waals surface area contributed by atoms with E-state index in [1.54, 1.807) is 0 Å². The zero-order valence-corrected chi connectivity index (χ0v) is 9.25. The van der Waals surface area contributed by atoms with Crippen LogP contribution in [0.1, 0.15) is 16.2 Å². The number of hydrogen-bond donors (Lipinski definition) is 4. The summed E-state index contributed by atoms with van der Waals surface area (Å²) in [6.07, 6.45) is 4.51. The van der Waals surface area contributed by atoms with Crippen LogP contribution in [0.15, 0.2) is 24.8 Å². The number of carboxylic acids is 1. The lowest BCUT2D eigenvalue weighted by Gasteiger charge is -2.12. The van der Waals surface area contributed by atoms with Gasteiger partial charge >= 0.3 is 5.97 Å². The molecular formula is C10H11N5O3. The summed E-state index contributed by atoms with van der Waals surface area (Å²) < 4.78 is 0. The number of carbonyl (C=O) groups excluding carboxylic acids is 1. The Balaban J connectivity index is 2.03. The predicted molar refractivity (Wildman–Crippen MR) is 59.8 cm³/mol. The molecule has 0 spiro atoms. The molecule has 2 aromatic heterocycles. The number of aliphatic carboxylic acids is 1. The van der Waals surface area contributed by atoms with E-state index in [0.29, 0.717) is 5.69 Å². The molecule has 0 aliphatic rings. The van der Waals surface area contributed by atoms with Crippen molar-refractivity contribution in [1.29, 1.82) is 0 Å². The van der Waals surface area contributed by atoms with Gasteiger partial charge < -0.3 is 15.4 Å². The van der Waals surface area contributed by atoms with Gasteiger partial charge in [-0.2, -0.15) is 5.10 Å². The van der Waals surface area contributed by atoms with Gasteiger partial charge in [0.15, 0.2) is 0 Å². The summed E-state index contributed by atoms with van der Waals surface area (Å²) in [6, 6.07) is 0.436. The fourth-order valence-electron chi connectivity index (χ4n) is 1.43. The van der Waals surface area contributed by atoms with E-state index in [1.165, 1.54) is 24.8 Å². The van der Waals surface area contributed by atoms with Gasteiger partial charge in [-0.15, -0.1) is 0 Å². The van der Waals surface area contributed by atoms with Gasteiger partial charge in [-0.3, -0.25) is 9.89 Å². The molecule has 0 aliphatic carbocycles. The van der Waals surface area contributed by atoms with Gasteiger partial charge in [0.1, 0.15) is 11.7 Å². The van der Waals surface area contributed by atoms with Crippen molar-refractivity contribution in [2.75, 3.05) is 0 Å². The molecule has 1 amide bonds. The van der Waals surface area contributed by atoms with Gasteiger partial charge in [-0.1, -0.05) is 0 Å². The minimum Gasteiger partial charge on any atom is -0.480 e. The van der Waals surface area contributed by atoms with Crippen LogP contribution in [0.3, 0.4) is 0 Å². The van der Waals surface area contributed by atoms with Crippen LogP contribution in [0.4, 0.5) is 0 Å². The number of carboxylic acid groups (broad SMARTS) is 1. The number of carbonyl (C=O) groups is 2. The number of nitrogens with one attached hydrogen (secondary N) is 3. The first kappa shape index (κ1) is 11.8. The molecule has 2 rings (SSSR count). The zero-order valence-electron chi connectivity index (χ0n) is 9.25. The first-order valence-electron chi connectivity index (χ1n) is 5.17. The third-order valence-corrected chi connectivity index (χ3v) is 2.33. The van der Waals surface area contributed by atoms with E-state index in [9.17, 15) is 9.59 Å². The van der Waals surface area contributed by atoms with Crippen LogP contribution in [0.2, 0.25) is 0 Å². The number of aromatic amines is 2. The summed E-state index contributed by atoms with van der Waals surface area (Å²) in [4.78, 5) is 29.3. The van der Waals surface area contributed by atoms with Crippen molar-refractivity contribution in [3.05, 3.63) is 36.2 Å². The maximum absolute atomic E-state index is 11.7. The first-order chi connectivity index (χ1) is 8.66. The number of aromatic nitrogens is 4. The molecule has 2 heterocycles. The third-order valence-electron chi connectivity index (χ3n) is 2.33. The summed E-state index contributed by atoms with van der Waals surface area (Å²) in [5, 5.41) is 17.5. The molecule has 0 saturated carbocycles. The number of hydrogen-bond acceptors (Lipinski definition) is 4. The maximum Gasteiger partial charge on any atom is 0.326 e. The van der Waals surface area contributed by atoms with Gasteiger partial charge in [-0.05, 0) is 6.07 Å². The van der Waals surface area contributed by atoms with Gasteiger partial charge in [-0.25, -0.2) is 9.78 Å². The van der Waals surface area contributed by atoms with Crippen LogP contribution < -0.4 is 5.32 Å². The molecule has 0 aromatic carbocycles. The van der Waals surface area contributed by atoms with Crippen LogP contribution in [-0.4, -0.2) is 43.2 Å². The van der Waals surface area contributed by atoms with E-state index < -0.39 is 17.9 Å². The van der Waals surface area contributed by atoms with Crippen LogP contribution >= 0.6 is 0 Å². The molecule has 0 aliphatic heterocycles. The van der Waals surface area contributed by atoms with E-state index in [0.717, 1.165) is 0 Å². The van der Waals surface area contributed by atoms with Crippen molar-refractivity contribution in [2.24, 2.45) is 0 Å². The molecule has 4 N–H and O–H groups in total. The average Bonchev–Trinajstić information content (AvgIpc) is 3.00. The molecule has 18 heavy (non-hydrogen) atoms. The largest absolute Gasteiger partial charge is 0.480 e. The number of nitrogens with zero attached hydrogens (tertiary/aromatic N) is 2. The Labute approximate surface area is 101 Å². The van der Waals surface area contributed by atoms with Crippen LogP contribution in [0.5, 0.6) is 0 Å². The highest BCUT2D eigenvalue weighted by atomic mass is 16.4. The van der Waals surface area contributed by atoms with Crippen LogP contribution in [-0.2, 0) is 11.2 Å². The van der Waals surface area contributed by atoms with Crippen LogP contribution in [0.25, 0.3) is 0 Å². The van der Waals surface area contributed by atoms with Crippen molar-refractivity contribution < 1.29 is 14.7 Å². The Morgan fingerprint density at radius 2 is 2.33 bits per heavy atom. The summed E-state index contributed by atoms with van der Waals surface area (Å²) in [5.74, 6) is -1.63. The van der Waals surface area contributed by atoms with Crippen molar-refractivity contribution in [3.8, 4) is 0 Å². The zero-order chi connectivity index (χ0) is 13.0. The molecule has 0 fully saturated rings. The summed E-state index contributed by atoms with van der Waals surface area (Å²) in [5.41, 5.74) is 0.846. The second kappa shape index (κ2) is 5.13. The number of rotatable bonds is 5. The minimum absolute atomic E-state index is 0.134. The molecule has 0 unspecified atom stereocenters. The Morgan fingerprint density at radius 1 is 1.50 bits per heavy atom. The van der Waals surface area contributed by atoms with Gasteiger partial charge in [0.25, 0.3) is 5.91 Å². The fraction of sp³-hybridized carbons (Fsp3) is 0.200. The second-order valence-electron chi connectivity index (χ2n) is 3.62. The highest BCUT2D eigenvalue weighted by molar-refractivity contribution is 5.94. The van der Waals surface area contributed by atoms with Gasteiger partial charge in [0.2, 0.25) is 0 Å². The Morgan fingerprint density at radius 3 is 2.89 bits per heavy atom. The molecule has 0 saturated heterocycles. The lowest BCUT2D eigenvalue weighted by atomic mass is 10.1. The Bertz CT molecular complexity index is 520. The van der Waals surface area contributed by atoms with Gasteiger partial charge in [0.05, 0.1) is 6.33 Å². The topological polar surface area (TPSA) is 124 Å². The lowest BCUT2D eigenvalue weighted by Crippen LogP contribution is -2.42. The Kier molecular flexibility index (Phi) is 3.37. The third kappa shape index (κ3) is 2.73. The molecule has 8 nitrogen and oxygen atoms in total. The number of H-pyrrole nitrogens is 2. The molecule has 0 radical (unpaired) electrons. The number of imidazole rings is 1. The minimum atomic E-state index is -1.11. The lowest BCUT2D eigenvalue weighted by molar-refractivity contribution is -0.139. The average molecular weight is 249 g/mol. The summed E-state index contributed by atoms with van der Waals surface area (Å²) in [7, 11) is 0. The Hall–Kier alpha value is -2.64. The molecule has 8 heteroatoms. The molecule has 94 valence electrons. The predicted octanol–water partition coefficient (Wildman–Crippen LogP) is -0.442. The molecule has 2 aromatic rings. The van der Waals surface area contributed by atoms with Crippen molar-refractivity contribution in [1.82, 2.24) is 25.5 Å². The smallest absolute Gasteiger partial charge is 0.326 e. The fourth-order valence-corrected chi connectivity index (χ4v) is 1.43. The van der Waals surface area contributed by atoms with Crippen molar-refractivity contribution in [2.45, 2.75) is 12.5 Å². The SMILES string of the molecule is O=C(N[C@@H](Cc1cnc[nH]1)C(=O)O)c1ccn[nH]1. The standard InChI is InChI=1S/C10H11N5O3/c16-9(7-1-2-13-15-7)14-8(10(17)18)3-6-4-11-5-12-6/h1-2,4-5,8H,3H2,(H,11,12)(H,13,15)(H,14,16)(H,17,18)/t8-/m0/s1. The highest BCUT2D eigenvalue weighted by Gasteiger charge is 2.22. The second-order valence-corrected chi connectivity index (χ2v) is 3.62. The van der Waals surface area contributed by atoms with E-state index >= 15 is 0 Å². The molecule has 1 atom stereocenters. The van der Waals surface area contributed by atoms with Crippen molar-refractivity contribution >= 4 is 11.9 Å². The molecular weight excluding hydrogens is 238 g/mol. The quantitative estimate of drug-likeness (QED) is 0.571. The van der Waals surface area contributed by atoms with E-state index in [4.69, 9.17) is 5.11 Å². The first-order valence-corrected chi connectivity index (χ1v) is 5.17. The number of amides is 1. The maximum atomic E-state index is 11.7. The monoisotopic (exact) mass is 249 g/mol. The van der Waals surface area contributed by atoms with E-state index in [-0.39, 0.29) is 12.1 Å². The molecule has 0 bridgehead atoms. The normalized spacial score (nSPS) is 12.0. The summed E-state index contributed by atoms with van der Waals surface area (Å²) >= 11 is 0.